The first kappa shape index (κ1) is 14.9. The Hall–Kier alpha value is -0.980. The molecule has 2 fully saturated rings. The number of fused-ring (bicyclic) bond motifs is 1. The highest BCUT2D eigenvalue weighted by atomic mass is 16.5. The van der Waals surface area contributed by atoms with Crippen molar-refractivity contribution < 1.29 is 4.74 Å². The van der Waals surface area contributed by atoms with Gasteiger partial charge in [-0.25, -0.2) is 4.68 Å². The predicted octanol–water partition coefficient (Wildman–Crippen LogP) is 0.986. The zero-order valence-corrected chi connectivity index (χ0v) is 13.4. The minimum atomic E-state index is -0.0114. The second-order valence-electron chi connectivity index (χ2n) is 7.20. The molecule has 0 spiro atoms. The molecule has 0 radical (unpaired) electrons. The van der Waals surface area contributed by atoms with Crippen LogP contribution in [0.1, 0.15) is 39.3 Å². The lowest BCUT2D eigenvalue weighted by molar-refractivity contribution is -0.0470. The van der Waals surface area contributed by atoms with E-state index in [-0.39, 0.29) is 5.54 Å². The van der Waals surface area contributed by atoms with Crippen molar-refractivity contribution in [1.29, 1.82) is 0 Å². The smallest absolute Gasteiger partial charge is 0.0965 e. The van der Waals surface area contributed by atoms with Gasteiger partial charge in [0.05, 0.1) is 30.1 Å². The van der Waals surface area contributed by atoms with Crippen molar-refractivity contribution in [2.45, 2.75) is 57.8 Å². The van der Waals surface area contributed by atoms with Crippen molar-refractivity contribution in [3.05, 3.63) is 11.9 Å². The summed E-state index contributed by atoms with van der Waals surface area (Å²) < 4.78 is 7.86. The summed E-state index contributed by atoms with van der Waals surface area (Å²) in [6.45, 7) is 11.2. The molecule has 6 nitrogen and oxygen atoms in total. The Morgan fingerprint density at radius 3 is 3.05 bits per heavy atom. The zero-order valence-electron chi connectivity index (χ0n) is 13.4. The van der Waals surface area contributed by atoms with E-state index in [9.17, 15) is 0 Å². The van der Waals surface area contributed by atoms with Crippen LogP contribution in [0, 0.1) is 0 Å². The number of morpholine rings is 1. The lowest BCUT2D eigenvalue weighted by Gasteiger charge is -2.35. The van der Waals surface area contributed by atoms with Crippen LogP contribution in [-0.2, 0) is 16.8 Å². The number of aromatic nitrogens is 3. The fourth-order valence-corrected chi connectivity index (χ4v) is 3.08. The van der Waals surface area contributed by atoms with E-state index in [2.05, 4.69) is 41.3 Å². The molecule has 2 aliphatic rings. The molecule has 0 amide bonds. The van der Waals surface area contributed by atoms with Gasteiger partial charge in [0.15, 0.2) is 0 Å². The average Bonchev–Trinajstić information content (AvgIpc) is 3.05. The number of hydrogen-bond acceptors (Lipinski definition) is 5. The molecule has 0 aromatic carbocycles. The maximum atomic E-state index is 5.94. The van der Waals surface area contributed by atoms with Gasteiger partial charge in [-0.15, -0.1) is 5.10 Å². The first-order chi connectivity index (χ1) is 10.0. The van der Waals surface area contributed by atoms with Crippen LogP contribution in [0.25, 0.3) is 0 Å². The van der Waals surface area contributed by atoms with E-state index < -0.39 is 0 Å². The summed E-state index contributed by atoms with van der Waals surface area (Å²) in [6, 6.07) is 0.674. The van der Waals surface area contributed by atoms with Gasteiger partial charge in [-0.2, -0.15) is 0 Å². The molecule has 0 bridgehead atoms. The lowest BCUT2D eigenvalue weighted by Crippen LogP contribution is -2.49. The lowest BCUT2D eigenvalue weighted by atomic mass is 10.1. The third kappa shape index (κ3) is 3.62. The molecule has 2 saturated heterocycles. The normalized spacial score (nSPS) is 27.0. The van der Waals surface area contributed by atoms with E-state index in [1.54, 1.807) is 0 Å². The van der Waals surface area contributed by atoms with Gasteiger partial charge in [0.2, 0.25) is 0 Å². The standard InChI is InChI=1S/C15H27N5O/c1-15(2,3)20-9-12(17-18-20)7-16-8-14-10-19-6-4-5-13(19)11-21-14/h9,13-14,16H,4-8,10-11H2,1-3H3. The quantitative estimate of drug-likeness (QED) is 0.897. The fraction of sp³-hybridized carbons (Fsp3) is 0.867. The Labute approximate surface area is 126 Å². The number of rotatable bonds is 4. The van der Waals surface area contributed by atoms with Gasteiger partial charge in [-0.05, 0) is 40.2 Å². The highest BCUT2D eigenvalue weighted by molar-refractivity contribution is 4.94. The van der Waals surface area contributed by atoms with Crippen molar-refractivity contribution in [2.75, 3.05) is 26.2 Å². The molecule has 0 saturated carbocycles. The molecule has 118 valence electrons. The molecule has 1 N–H and O–H groups in total. The first-order valence-electron chi connectivity index (χ1n) is 8.00. The second kappa shape index (κ2) is 6.02. The van der Waals surface area contributed by atoms with Crippen LogP contribution < -0.4 is 5.32 Å². The van der Waals surface area contributed by atoms with Gasteiger partial charge in [0.1, 0.15) is 0 Å². The summed E-state index contributed by atoms with van der Waals surface area (Å²) in [5.41, 5.74) is 0.974. The van der Waals surface area contributed by atoms with Crippen LogP contribution in [0.3, 0.4) is 0 Å². The Kier molecular flexibility index (Phi) is 4.28. The highest BCUT2D eigenvalue weighted by Crippen LogP contribution is 2.22. The van der Waals surface area contributed by atoms with E-state index in [1.165, 1.54) is 19.4 Å². The van der Waals surface area contributed by atoms with Gasteiger partial charge in [-0.3, -0.25) is 4.90 Å². The molecule has 2 aliphatic heterocycles. The molecule has 1 aromatic rings. The monoisotopic (exact) mass is 293 g/mol. The molecule has 3 rings (SSSR count). The summed E-state index contributed by atoms with van der Waals surface area (Å²) in [4.78, 5) is 2.58. The number of hydrogen-bond donors (Lipinski definition) is 1. The van der Waals surface area contributed by atoms with E-state index in [4.69, 9.17) is 4.74 Å². The van der Waals surface area contributed by atoms with Crippen molar-refractivity contribution in [1.82, 2.24) is 25.2 Å². The third-order valence-corrected chi connectivity index (χ3v) is 4.37. The largest absolute Gasteiger partial charge is 0.374 e. The van der Waals surface area contributed by atoms with Crippen molar-refractivity contribution in [3.8, 4) is 0 Å². The topological polar surface area (TPSA) is 55.2 Å². The molecule has 2 atom stereocenters. The van der Waals surface area contributed by atoms with Crippen molar-refractivity contribution in [2.24, 2.45) is 0 Å². The van der Waals surface area contributed by atoms with Crippen LogP contribution in [0.2, 0.25) is 0 Å². The number of nitrogens with zero attached hydrogens (tertiary/aromatic N) is 4. The molecule has 3 heterocycles. The van der Waals surface area contributed by atoms with Crippen molar-refractivity contribution in [3.63, 3.8) is 0 Å². The van der Waals surface area contributed by atoms with Gasteiger partial charge >= 0.3 is 0 Å². The van der Waals surface area contributed by atoms with Gasteiger partial charge < -0.3 is 10.1 Å². The minimum absolute atomic E-state index is 0.0114. The highest BCUT2D eigenvalue weighted by Gasteiger charge is 2.31. The Balaban J connectivity index is 1.43. The Morgan fingerprint density at radius 2 is 2.29 bits per heavy atom. The summed E-state index contributed by atoms with van der Waals surface area (Å²) in [5, 5.41) is 11.8. The summed E-state index contributed by atoms with van der Waals surface area (Å²) >= 11 is 0. The number of ether oxygens (including phenoxy) is 1. The third-order valence-electron chi connectivity index (χ3n) is 4.37. The van der Waals surface area contributed by atoms with Crippen LogP contribution in [0.15, 0.2) is 6.20 Å². The van der Waals surface area contributed by atoms with Crippen LogP contribution >= 0.6 is 0 Å². The average molecular weight is 293 g/mol. The maximum absolute atomic E-state index is 5.94. The summed E-state index contributed by atoms with van der Waals surface area (Å²) in [5.74, 6) is 0. The van der Waals surface area contributed by atoms with Crippen molar-refractivity contribution >= 4 is 0 Å². The van der Waals surface area contributed by atoms with Crippen LogP contribution in [0.4, 0.5) is 0 Å². The van der Waals surface area contributed by atoms with Crippen LogP contribution in [-0.4, -0.2) is 58.3 Å². The zero-order chi connectivity index (χ0) is 14.9. The number of nitrogens with one attached hydrogen (secondary N) is 1. The molecular formula is C15H27N5O. The van der Waals surface area contributed by atoms with E-state index >= 15 is 0 Å². The van der Waals surface area contributed by atoms with E-state index in [1.807, 2.05) is 10.9 Å². The van der Waals surface area contributed by atoms with Gasteiger partial charge in [0.25, 0.3) is 0 Å². The fourth-order valence-electron chi connectivity index (χ4n) is 3.08. The van der Waals surface area contributed by atoms with Crippen LogP contribution in [0.5, 0.6) is 0 Å². The molecule has 2 unspecified atom stereocenters. The molecule has 6 heteroatoms. The SMILES string of the molecule is CC(C)(C)n1cc(CNCC2CN3CCCC3CO2)nn1. The first-order valence-corrected chi connectivity index (χ1v) is 8.00. The van der Waals surface area contributed by atoms with E-state index in [0.717, 1.165) is 31.9 Å². The second-order valence-corrected chi connectivity index (χ2v) is 7.20. The summed E-state index contributed by atoms with van der Waals surface area (Å²) in [7, 11) is 0. The molecule has 1 aromatic heterocycles. The molecule has 0 aliphatic carbocycles. The Morgan fingerprint density at radius 1 is 1.43 bits per heavy atom. The predicted molar refractivity (Wildman–Crippen MR) is 81.1 cm³/mol. The van der Waals surface area contributed by atoms with Gasteiger partial charge in [0, 0.05) is 25.7 Å². The van der Waals surface area contributed by atoms with Gasteiger partial charge in [-0.1, -0.05) is 5.21 Å². The minimum Gasteiger partial charge on any atom is -0.374 e. The molecule has 21 heavy (non-hydrogen) atoms. The summed E-state index contributed by atoms with van der Waals surface area (Å²) in [6.07, 6.45) is 4.95. The maximum Gasteiger partial charge on any atom is 0.0965 e. The van der Waals surface area contributed by atoms with E-state index in [0.29, 0.717) is 12.1 Å². The molecular weight excluding hydrogens is 266 g/mol. The Bertz CT molecular complexity index is 467.